The van der Waals surface area contributed by atoms with Crippen molar-refractivity contribution >= 4 is 23.6 Å². The number of thioether (sulfide) groups is 1. The highest BCUT2D eigenvalue weighted by molar-refractivity contribution is 8.00. The molecule has 0 fully saturated rings. The van der Waals surface area contributed by atoms with Crippen molar-refractivity contribution < 1.29 is 14.7 Å². The minimum absolute atomic E-state index is 0.0462. The summed E-state index contributed by atoms with van der Waals surface area (Å²) in [5.74, 6) is -1.04. The third kappa shape index (κ3) is 5.92. The van der Waals surface area contributed by atoms with E-state index < -0.39 is 11.2 Å². The molecule has 4 nitrogen and oxygen atoms in total. The quantitative estimate of drug-likeness (QED) is 0.642. The molecule has 2 aromatic carbocycles. The van der Waals surface area contributed by atoms with Crippen LogP contribution in [-0.2, 0) is 11.2 Å². The summed E-state index contributed by atoms with van der Waals surface area (Å²) in [7, 11) is 0. The molecule has 0 heterocycles. The zero-order valence-corrected chi connectivity index (χ0v) is 16.0. The van der Waals surface area contributed by atoms with Crippen LogP contribution in [0.2, 0.25) is 0 Å². The highest BCUT2D eigenvalue weighted by atomic mass is 32.2. The van der Waals surface area contributed by atoms with Gasteiger partial charge in [0.1, 0.15) is 5.25 Å². The van der Waals surface area contributed by atoms with E-state index >= 15 is 0 Å². The Balaban J connectivity index is 2.12. The van der Waals surface area contributed by atoms with Crippen LogP contribution in [-0.4, -0.2) is 28.3 Å². The van der Waals surface area contributed by atoms with Crippen molar-refractivity contribution in [2.24, 2.45) is 0 Å². The average Bonchev–Trinajstić information content (AvgIpc) is 2.63. The van der Waals surface area contributed by atoms with E-state index in [2.05, 4.69) is 24.4 Å². The van der Waals surface area contributed by atoms with Gasteiger partial charge >= 0.3 is 5.97 Å². The second-order valence-electron chi connectivity index (χ2n) is 6.24. The molecule has 0 bridgehead atoms. The molecule has 2 atom stereocenters. The Morgan fingerprint density at radius 1 is 1.08 bits per heavy atom. The van der Waals surface area contributed by atoms with Gasteiger partial charge in [-0.1, -0.05) is 55.8 Å². The Morgan fingerprint density at radius 2 is 1.73 bits per heavy atom. The van der Waals surface area contributed by atoms with Crippen molar-refractivity contribution in [1.82, 2.24) is 5.32 Å². The van der Waals surface area contributed by atoms with Gasteiger partial charge in [-0.15, -0.1) is 11.8 Å². The number of nitrogens with one attached hydrogen (secondary N) is 1. The number of amides is 1. The molecule has 2 unspecified atom stereocenters. The minimum atomic E-state index is -0.891. The molecule has 0 spiro atoms. The van der Waals surface area contributed by atoms with Gasteiger partial charge in [0.05, 0.1) is 5.56 Å². The number of carbonyl (C=O) groups excluding carboxylic acids is 1. The number of hydrogen-bond acceptors (Lipinski definition) is 3. The zero-order chi connectivity index (χ0) is 18.9. The van der Waals surface area contributed by atoms with E-state index in [0.717, 1.165) is 19.3 Å². The van der Waals surface area contributed by atoms with Crippen molar-refractivity contribution in [3.05, 3.63) is 65.7 Å². The smallest absolute Gasteiger partial charge is 0.316 e. The molecular formula is C21H25NO3S. The van der Waals surface area contributed by atoms with Crippen molar-refractivity contribution in [3.63, 3.8) is 0 Å². The minimum Gasteiger partial charge on any atom is -0.480 e. The van der Waals surface area contributed by atoms with Crippen molar-refractivity contribution in [2.75, 3.05) is 0 Å². The summed E-state index contributed by atoms with van der Waals surface area (Å²) in [4.78, 5) is 24.6. The average molecular weight is 372 g/mol. The van der Waals surface area contributed by atoms with E-state index in [-0.39, 0.29) is 11.9 Å². The SMILES string of the molecule is CCCC(Cc1ccccc1)NC(=O)c1ccccc1SC(C)C(=O)O. The van der Waals surface area contributed by atoms with Gasteiger partial charge in [-0.25, -0.2) is 0 Å². The predicted octanol–water partition coefficient (Wildman–Crippen LogP) is 4.39. The monoisotopic (exact) mass is 371 g/mol. The van der Waals surface area contributed by atoms with Gasteiger partial charge in [0, 0.05) is 10.9 Å². The zero-order valence-electron chi connectivity index (χ0n) is 15.1. The van der Waals surface area contributed by atoms with Gasteiger partial charge in [-0.3, -0.25) is 9.59 Å². The fourth-order valence-corrected chi connectivity index (χ4v) is 3.66. The number of benzene rings is 2. The molecule has 2 N–H and O–H groups in total. The van der Waals surface area contributed by atoms with Crippen LogP contribution in [0.4, 0.5) is 0 Å². The van der Waals surface area contributed by atoms with E-state index in [4.69, 9.17) is 5.11 Å². The Labute approximate surface area is 159 Å². The first kappa shape index (κ1) is 20.0. The molecule has 0 radical (unpaired) electrons. The largest absolute Gasteiger partial charge is 0.480 e. The third-order valence-electron chi connectivity index (χ3n) is 4.08. The normalized spacial score (nSPS) is 13.0. The summed E-state index contributed by atoms with van der Waals surface area (Å²) in [6, 6.07) is 17.3. The Bertz CT molecular complexity index is 733. The summed E-state index contributed by atoms with van der Waals surface area (Å²) in [6.45, 7) is 3.72. The molecule has 0 aliphatic heterocycles. The summed E-state index contributed by atoms with van der Waals surface area (Å²) < 4.78 is 0. The summed E-state index contributed by atoms with van der Waals surface area (Å²) >= 11 is 1.19. The molecular weight excluding hydrogens is 346 g/mol. The van der Waals surface area contributed by atoms with Crippen LogP contribution in [0.25, 0.3) is 0 Å². The van der Waals surface area contributed by atoms with Crippen molar-refractivity contribution in [1.29, 1.82) is 0 Å². The first-order chi connectivity index (χ1) is 12.5. The first-order valence-corrected chi connectivity index (χ1v) is 9.72. The maximum absolute atomic E-state index is 12.8. The number of carbonyl (C=O) groups is 2. The predicted molar refractivity (Wildman–Crippen MR) is 106 cm³/mol. The maximum Gasteiger partial charge on any atom is 0.316 e. The lowest BCUT2D eigenvalue weighted by Gasteiger charge is -2.19. The Kier molecular flexibility index (Phi) is 7.73. The highest BCUT2D eigenvalue weighted by Crippen LogP contribution is 2.27. The molecule has 5 heteroatoms. The highest BCUT2D eigenvalue weighted by Gasteiger charge is 2.20. The van der Waals surface area contributed by atoms with E-state index in [1.165, 1.54) is 17.3 Å². The topological polar surface area (TPSA) is 66.4 Å². The maximum atomic E-state index is 12.8. The number of rotatable bonds is 9. The number of carboxylic acid groups (broad SMARTS) is 1. The molecule has 0 saturated heterocycles. The van der Waals surface area contributed by atoms with Gasteiger partial charge in [0.2, 0.25) is 0 Å². The second kappa shape index (κ2) is 10.0. The van der Waals surface area contributed by atoms with Crippen molar-refractivity contribution in [3.8, 4) is 0 Å². The van der Waals surface area contributed by atoms with Gasteiger partial charge in [-0.05, 0) is 37.5 Å². The van der Waals surface area contributed by atoms with Crippen LogP contribution in [0, 0.1) is 0 Å². The van der Waals surface area contributed by atoms with E-state index in [1.54, 1.807) is 25.1 Å². The van der Waals surface area contributed by atoms with Crippen LogP contribution in [0.5, 0.6) is 0 Å². The second-order valence-corrected chi connectivity index (χ2v) is 7.63. The standard InChI is InChI=1S/C21H25NO3S/c1-3-9-17(14-16-10-5-4-6-11-16)22-20(23)18-12-7-8-13-19(18)26-15(2)21(24)25/h4-8,10-13,15,17H,3,9,14H2,1-2H3,(H,22,23)(H,24,25). The third-order valence-corrected chi connectivity index (χ3v) is 5.25. The van der Waals surface area contributed by atoms with Gasteiger partial charge < -0.3 is 10.4 Å². The van der Waals surface area contributed by atoms with Crippen LogP contribution in [0.1, 0.15) is 42.6 Å². The van der Waals surface area contributed by atoms with Crippen LogP contribution in [0.3, 0.4) is 0 Å². The summed E-state index contributed by atoms with van der Waals surface area (Å²) in [6.07, 6.45) is 2.65. The van der Waals surface area contributed by atoms with Crippen LogP contribution >= 0.6 is 11.8 Å². The number of aliphatic carboxylic acids is 1. The lowest BCUT2D eigenvalue weighted by molar-refractivity contribution is -0.136. The van der Waals surface area contributed by atoms with E-state index in [9.17, 15) is 9.59 Å². The molecule has 2 aromatic rings. The molecule has 0 aromatic heterocycles. The molecule has 0 aliphatic carbocycles. The van der Waals surface area contributed by atoms with Gasteiger partial charge in [0.15, 0.2) is 0 Å². The number of carboxylic acids is 1. The van der Waals surface area contributed by atoms with E-state index in [1.807, 2.05) is 24.3 Å². The summed E-state index contributed by atoms with van der Waals surface area (Å²) in [5, 5.41) is 11.6. The Hall–Kier alpha value is -2.27. The van der Waals surface area contributed by atoms with Gasteiger partial charge in [-0.2, -0.15) is 0 Å². The molecule has 0 aliphatic rings. The molecule has 1 amide bonds. The molecule has 2 rings (SSSR count). The molecule has 138 valence electrons. The van der Waals surface area contributed by atoms with Gasteiger partial charge in [0.25, 0.3) is 5.91 Å². The van der Waals surface area contributed by atoms with Crippen LogP contribution in [0.15, 0.2) is 59.5 Å². The lowest BCUT2D eigenvalue weighted by Crippen LogP contribution is -2.36. The fourth-order valence-electron chi connectivity index (χ4n) is 2.73. The Morgan fingerprint density at radius 3 is 2.38 bits per heavy atom. The van der Waals surface area contributed by atoms with Crippen LogP contribution < -0.4 is 5.32 Å². The van der Waals surface area contributed by atoms with Crippen molar-refractivity contribution in [2.45, 2.75) is 49.3 Å². The summed E-state index contributed by atoms with van der Waals surface area (Å²) in [5.41, 5.74) is 1.72. The fraction of sp³-hybridized carbons (Fsp3) is 0.333. The molecule has 0 saturated carbocycles. The lowest BCUT2D eigenvalue weighted by atomic mass is 10.0. The molecule has 26 heavy (non-hydrogen) atoms. The van der Waals surface area contributed by atoms with E-state index in [0.29, 0.717) is 10.5 Å². The first-order valence-electron chi connectivity index (χ1n) is 8.84. The number of hydrogen-bond donors (Lipinski definition) is 2.